The molecule has 7 nitrogen and oxygen atoms in total. The molecule has 112 valence electrons. The van der Waals surface area contributed by atoms with E-state index in [0.29, 0.717) is 29.0 Å². The maximum Gasteiger partial charge on any atom is 0.419 e. The summed E-state index contributed by atoms with van der Waals surface area (Å²) in [6.07, 6.45) is 1.22. The van der Waals surface area contributed by atoms with Crippen molar-refractivity contribution in [2.45, 2.75) is 33.6 Å². The number of rotatable bonds is 4. The molecule has 1 aromatic heterocycles. The van der Waals surface area contributed by atoms with Gasteiger partial charge in [0.2, 0.25) is 0 Å². The molecular formula is C14H17N3O4. The zero-order valence-corrected chi connectivity index (χ0v) is 12.3. The Hall–Kier alpha value is -2.44. The van der Waals surface area contributed by atoms with Crippen molar-refractivity contribution in [3.05, 3.63) is 33.6 Å². The van der Waals surface area contributed by atoms with Gasteiger partial charge in [-0.05, 0) is 26.3 Å². The van der Waals surface area contributed by atoms with Crippen LogP contribution in [0.3, 0.4) is 0 Å². The fourth-order valence-electron chi connectivity index (χ4n) is 2.18. The molecule has 2 rings (SSSR count). The lowest BCUT2D eigenvalue weighted by Crippen LogP contribution is -2.15. The van der Waals surface area contributed by atoms with Gasteiger partial charge in [-0.2, -0.15) is 0 Å². The Bertz CT molecular complexity index is 706. The van der Waals surface area contributed by atoms with Crippen molar-refractivity contribution in [2.24, 2.45) is 0 Å². The second-order valence-electron chi connectivity index (χ2n) is 4.80. The Morgan fingerprint density at radius 2 is 2.14 bits per heavy atom. The summed E-state index contributed by atoms with van der Waals surface area (Å²) in [5.74, 6) is 0.454. The summed E-state index contributed by atoms with van der Waals surface area (Å²) in [6.45, 7) is 5.65. The molecule has 0 atom stereocenters. The molecule has 2 aromatic rings. The Balaban J connectivity index is 2.46. The molecule has 0 spiro atoms. The van der Waals surface area contributed by atoms with Gasteiger partial charge < -0.3 is 4.74 Å². The van der Waals surface area contributed by atoms with E-state index in [0.717, 1.165) is 12.8 Å². The number of nitro benzene ring substituents is 1. The van der Waals surface area contributed by atoms with Gasteiger partial charge in [0.05, 0.1) is 28.1 Å². The number of unbranched alkanes of at least 4 members (excludes halogenated alkanes) is 1. The summed E-state index contributed by atoms with van der Waals surface area (Å²) < 4.78 is 6.53. The summed E-state index contributed by atoms with van der Waals surface area (Å²) in [4.78, 5) is 26.9. The van der Waals surface area contributed by atoms with Crippen LogP contribution >= 0.6 is 0 Å². The molecule has 7 heteroatoms. The Morgan fingerprint density at radius 3 is 2.76 bits per heavy atom. The first-order chi connectivity index (χ1) is 9.97. The molecule has 0 fully saturated rings. The van der Waals surface area contributed by atoms with Gasteiger partial charge in [0.25, 0.3) is 5.69 Å². The quantitative estimate of drug-likeness (QED) is 0.489. The van der Waals surface area contributed by atoms with Crippen molar-refractivity contribution >= 4 is 22.8 Å². The highest BCUT2D eigenvalue weighted by atomic mass is 16.6. The van der Waals surface area contributed by atoms with Crippen molar-refractivity contribution in [2.75, 3.05) is 6.61 Å². The summed E-state index contributed by atoms with van der Waals surface area (Å²) in [6, 6.07) is 2.91. The highest BCUT2D eigenvalue weighted by molar-refractivity contribution is 5.90. The van der Waals surface area contributed by atoms with E-state index < -0.39 is 11.0 Å². The maximum absolute atomic E-state index is 12.1. The largest absolute Gasteiger partial charge is 0.449 e. The van der Waals surface area contributed by atoms with E-state index in [2.05, 4.69) is 4.98 Å². The first-order valence-electron chi connectivity index (χ1n) is 6.77. The zero-order valence-electron chi connectivity index (χ0n) is 12.3. The van der Waals surface area contributed by atoms with Crippen molar-refractivity contribution in [1.29, 1.82) is 0 Å². The van der Waals surface area contributed by atoms with Crippen LogP contribution in [0.25, 0.3) is 11.0 Å². The van der Waals surface area contributed by atoms with Crippen molar-refractivity contribution < 1.29 is 14.5 Å². The molecule has 0 aliphatic carbocycles. The van der Waals surface area contributed by atoms with Crippen LogP contribution in [0.1, 0.15) is 31.2 Å². The van der Waals surface area contributed by atoms with Crippen LogP contribution in [0.15, 0.2) is 12.1 Å². The molecule has 1 aromatic carbocycles. The molecule has 0 aliphatic heterocycles. The van der Waals surface area contributed by atoms with Crippen molar-refractivity contribution in [1.82, 2.24) is 9.55 Å². The second kappa shape index (κ2) is 5.90. The van der Waals surface area contributed by atoms with E-state index in [9.17, 15) is 14.9 Å². The molecule has 21 heavy (non-hydrogen) atoms. The third-order valence-electron chi connectivity index (χ3n) is 3.32. The third-order valence-corrected chi connectivity index (χ3v) is 3.32. The first-order valence-corrected chi connectivity index (χ1v) is 6.77. The normalized spacial score (nSPS) is 10.8. The Morgan fingerprint density at radius 1 is 1.43 bits per heavy atom. The fraction of sp³-hybridized carbons (Fsp3) is 0.429. The molecule has 0 saturated carbocycles. The molecule has 0 amide bonds. The molecule has 0 saturated heterocycles. The maximum atomic E-state index is 12.1. The van der Waals surface area contributed by atoms with Gasteiger partial charge in [-0.15, -0.1) is 0 Å². The number of aromatic nitrogens is 2. The van der Waals surface area contributed by atoms with E-state index in [1.54, 1.807) is 13.8 Å². The lowest BCUT2D eigenvalue weighted by molar-refractivity contribution is -0.385. The minimum atomic E-state index is -0.503. The van der Waals surface area contributed by atoms with Crippen LogP contribution in [0.5, 0.6) is 0 Å². The standard InChI is InChI=1S/C14H17N3O4/c1-4-5-8-21-14(18)16-10(3)15-13-9(2)11(17(19)20)6-7-12(13)16/h6-7H,4-5,8H2,1-3H3. The van der Waals surface area contributed by atoms with E-state index in [1.807, 2.05) is 6.92 Å². The predicted octanol–water partition coefficient (Wildman–Crippen LogP) is 3.35. The molecular weight excluding hydrogens is 274 g/mol. The predicted molar refractivity (Wildman–Crippen MR) is 77.5 cm³/mol. The molecule has 0 aliphatic rings. The van der Waals surface area contributed by atoms with Crippen LogP contribution in [0.4, 0.5) is 10.5 Å². The summed E-state index contributed by atoms with van der Waals surface area (Å²) in [5.41, 5.74) is 1.42. The Kier molecular flexibility index (Phi) is 4.21. The van der Waals surface area contributed by atoms with Crippen LogP contribution in [-0.4, -0.2) is 27.2 Å². The van der Waals surface area contributed by atoms with Gasteiger partial charge in [-0.25, -0.2) is 14.3 Å². The molecule has 0 unspecified atom stereocenters. The minimum Gasteiger partial charge on any atom is -0.449 e. The number of benzene rings is 1. The topological polar surface area (TPSA) is 87.3 Å². The van der Waals surface area contributed by atoms with Crippen LogP contribution < -0.4 is 0 Å². The van der Waals surface area contributed by atoms with E-state index in [4.69, 9.17) is 4.74 Å². The minimum absolute atomic E-state index is 0.00787. The highest BCUT2D eigenvalue weighted by Gasteiger charge is 2.21. The number of ether oxygens (including phenoxy) is 1. The van der Waals surface area contributed by atoms with Gasteiger partial charge in [0.15, 0.2) is 0 Å². The number of hydrogen-bond donors (Lipinski definition) is 0. The lowest BCUT2D eigenvalue weighted by Gasteiger charge is -2.07. The first kappa shape index (κ1) is 15.0. The van der Waals surface area contributed by atoms with Crippen molar-refractivity contribution in [3.8, 4) is 0 Å². The monoisotopic (exact) mass is 291 g/mol. The number of aryl methyl sites for hydroxylation is 2. The molecule has 1 heterocycles. The zero-order chi connectivity index (χ0) is 15.6. The number of nitrogens with zero attached hydrogens (tertiary/aromatic N) is 3. The van der Waals surface area contributed by atoms with E-state index in [1.165, 1.54) is 16.7 Å². The Labute approximate surface area is 121 Å². The summed E-state index contributed by atoms with van der Waals surface area (Å²) in [5, 5.41) is 10.9. The van der Waals surface area contributed by atoms with E-state index >= 15 is 0 Å². The number of carbonyl (C=O) groups is 1. The van der Waals surface area contributed by atoms with Crippen LogP contribution in [0, 0.1) is 24.0 Å². The summed E-state index contributed by atoms with van der Waals surface area (Å²) in [7, 11) is 0. The van der Waals surface area contributed by atoms with Gasteiger partial charge in [-0.3, -0.25) is 10.1 Å². The SMILES string of the molecule is CCCCOC(=O)n1c(C)nc2c(C)c([N+](=O)[O-])ccc21. The number of carbonyl (C=O) groups excluding carboxylic acids is 1. The number of nitro groups is 1. The van der Waals surface area contributed by atoms with Crippen molar-refractivity contribution in [3.63, 3.8) is 0 Å². The molecule has 0 radical (unpaired) electrons. The molecule has 0 bridgehead atoms. The van der Waals surface area contributed by atoms with Gasteiger partial charge in [0.1, 0.15) is 5.82 Å². The van der Waals surface area contributed by atoms with E-state index in [-0.39, 0.29) is 5.69 Å². The number of fused-ring (bicyclic) bond motifs is 1. The lowest BCUT2D eigenvalue weighted by atomic mass is 10.1. The highest BCUT2D eigenvalue weighted by Crippen LogP contribution is 2.27. The third kappa shape index (κ3) is 2.72. The number of imidazole rings is 1. The molecule has 0 N–H and O–H groups in total. The van der Waals surface area contributed by atoms with Crippen LogP contribution in [0.2, 0.25) is 0 Å². The van der Waals surface area contributed by atoms with Crippen LogP contribution in [-0.2, 0) is 4.74 Å². The summed E-state index contributed by atoms with van der Waals surface area (Å²) >= 11 is 0. The average molecular weight is 291 g/mol. The number of hydrogen-bond acceptors (Lipinski definition) is 5. The average Bonchev–Trinajstić information content (AvgIpc) is 2.76. The fourth-order valence-corrected chi connectivity index (χ4v) is 2.18. The van der Waals surface area contributed by atoms with Gasteiger partial charge in [0, 0.05) is 6.07 Å². The second-order valence-corrected chi connectivity index (χ2v) is 4.80. The van der Waals surface area contributed by atoms with Gasteiger partial charge in [-0.1, -0.05) is 13.3 Å². The van der Waals surface area contributed by atoms with Gasteiger partial charge >= 0.3 is 6.09 Å². The smallest absolute Gasteiger partial charge is 0.419 e.